The third-order valence-corrected chi connectivity index (χ3v) is 3.44. The number of rotatable bonds is 8. The SMILES string of the molecule is CN(C(=O)OCCCCCCOS(C)(=O)=O)C(C)(C)C. The predicted octanol–water partition coefficient (Wildman–Crippen LogP) is 2.39. The van der Waals surface area contributed by atoms with E-state index in [1.807, 2.05) is 20.8 Å². The highest BCUT2D eigenvalue weighted by Crippen LogP contribution is 2.12. The molecule has 0 atom stereocenters. The molecule has 0 N–H and O–H groups in total. The van der Waals surface area contributed by atoms with Crippen LogP contribution in [0.3, 0.4) is 0 Å². The van der Waals surface area contributed by atoms with Crippen LogP contribution in [0.15, 0.2) is 0 Å². The van der Waals surface area contributed by atoms with Gasteiger partial charge in [-0.3, -0.25) is 4.18 Å². The van der Waals surface area contributed by atoms with Crippen LogP contribution in [0.4, 0.5) is 4.79 Å². The molecule has 0 unspecified atom stereocenters. The van der Waals surface area contributed by atoms with Crippen molar-refractivity contribution in [2.24, 2.45) is 0 Å². The third kappa shape index (κ3) is 10.0. The second kappa shape index (κ2) is 8.46. The Labute approximate surface area is 122 Å². The molecule has 0 aromatic rings. The van der Waals surface area contributed by atoms with E-state index in [0.717, 1.165) is 25.5 Å². The second-order valence-electron chi connectivity index (χ2n) is 5.78. The van der Waals surface area contributed by atoms with Crippen molar-refractivity contribution in [1.82, 2.24) is 4.90 Å². The Morgan fingerprint density at radius 3 is 2.00 bits per heavy atom. The Bertz CT molecular complexity index is 386. The summed E-state index contributed by atoms with van der Waals surface area (Å²) in [4.78, 5) is 13.2. The van der Waals surface area contributed by atoms with E-state index in [0.29, 0.717) is 13.0 Å². The number of ether oxygens (including phenoxy) is 1. The Morgan fingerprint density at radius 1 is 1.05 bits per heavy atom. The minimum atomic E-state index is -3.33. The molecule has 0 radical (unpaired) electrons. The average Bonchev–Trinajstić information content (AvgIpc) is 2.28. The summed E-state index contributed by atoms with van der Waals surface area (Å²) in [7, 11) is -1.62. The van der Waals surface area contributed by atoms with Crippen LogP contribution in [0.5, 0.6) is 0 Å². The van der Waals surface area contributed by atoms with Crippen molar-refractivity contribution in [2.45, 2.75) is 52.0 Å². The van der Waals surface area contributed by atoms with Gasteiger partial charge in [0.2, 0.25) is 0 Å². The predicted molar refractivity (Wildman–Crippen MR) is 78.1 cm³/mol. The maximum atomic E-state index is 11.7. The molecule has 0 aliphatic carbocycles. The summed E-state index contributed by atoms with van der Waals surface area (Å²) in [6.07, 6.45) is 3.89. The molecule has 120 valence electrons. The van der Waals surface area contributed by atoms with Crippen molar-refractivity contribution in [3.8, 4) is 0 Å². The molecule has 6 nitrogen and oxygen atoms in total. The van der Waals surface area contributed by atoms with E-state index in [4.69, 9.17) is 4.74 Å². The molecular formula is C13H27NO5S. The quantitative estimate of drug-likeness (QED) is 0.508. The van der Waals surface area contributed by atoms with Gasteiger partial charge in [0.1, 0.15) is 0 Å². The largest absolute Gasteiger partial charge is 0.449 e. The molecular weight excluding hydrogens is 282 g/mol. The summed E-state index contributed by atoms with van der Waals surface area (Å²) in [6.45, 7) is 6.42. The van der Waals surface area contributed by atoms with E-state index >= 15 is 0 Å². The van der Waals surface area contributed by atoms with Gasteiger partial charge in [-0.2, -0.15) is 8.42 Å². The lowest BCUT2D eigenvalue weighted by atomic mass is 10.1. The van der Waals surface area contributed by atoms with Crippen molar-refractivity contribution >= 4 is 16.2 Å². The Hall–Kier alpha value is -0.820. The minimum absolute atomic E-state index is 0.214. The van der Waals surface area contributed by atoms with Crippen molar-refractivity contribution in [2.75, 3.05) is 26.5 Å². The van der Waals surface area contributed by atoms with Gasteiger partial charge in [0, 0.05) is 12.6 Å². The van der Waals surface area contributed by atoms with Crippen LogP contribution in [-0.2, 0) is 19.0 Å². The Balaban J connectivity index is 3.56. The molecule has 1 amide bonds. The van der Waals surface area contributed by atoms with E-state index in [-0.39, 0.29) is 18.2 Å². The second-order valence-corrected chi connectivity index (χ2v) is 7.43. The molecule has 0 bridgehead atoms. The summed E-state index contributed by atoms with van der Waals surface area (Å²) in [5.41, 5.74) is -0.250. The van der Waals surface area contributed by atoms with Crippen LogP contribution >= 0.6 is 0 Å². The standard InChI is InChI=1S/C13H27NO5S/c1-13(2,3)14(4)12(15)18-10-8-6-7-9-11-19-20(5,16)17/h6-11H2,1-5H3. The summed E-state index contributed by atoms with van der Waals surface area (Å²) in [5.74, 6) is 0. The summed E-state index contributed by atoms with van der Waals surface area (Å²) in [5, 5.41) is 0. The summed E-state index contributed by atoms with van der Waals surface area (Å²) < 4.78 is 31.2. The van der Waals surface area contributed by atoms with Gasteiger partial charge in [0.25, 0.3) is 10.1 Å². The number of hydrogen-bond donors (Lipinski definition) is 0. The summed E-state index contributed by atoms with van der Waals surface area (Å²) in [6, 6.07) is 0. The highest BCUT2D eigenvalue weighted by atomic mass is 32.2. The molecule has 0 aromatic heterocycles. The minimum Gasteiger partial charge on any atom is -0.449 e. The van der Waals surface area contributed by atoms with Crippen molar-refractivity contribution in [3.05, 3.63) is 0 Å². The van der Waals surface area contributed by atoms with E-state index < -0.39 is 10.1 Å². The fraction of sp³-hybridized carbons (Fsp3) is 0.923. The van der Waals surface area contributed by atoms with Crippen LogP contribution in [0.1, 0.15) is 46.5 Å². The fourth-order valence-electron chi connectivity index (χ4n) is 1.30. The number of carbonyl (C=O) groups is 1. The molecule has 0 rings (SSSR count). The molecule has 7 heteroatoms. The molecule has 0 aliphatic heterocycles. The van der Waals surface area contributed by atoms with Gasteiger partial charge in [0.15, 0.2) is 0 Å². The molecule has 20 heavy (non-hydrogen) atoms. The van der Waals surface area contributed by atoms with E-state index in [1.165, 1.54) is 0 Å². The number of amides is 1. The van der Waals surface area contributed by atoms with E-state index in [9.17, 15) is 13.2 Å². The smallest absolute Gasteiger partial charge is 0.409 e. The molecule has 0 aliphatic rings. The van der Waals surface area contributed by atoms with Crippen LogP contribution < -0.4 is 0 Å². The zero-order valence-electron chi connectivity index (χ0n) is 13.1. The lowest BCUT2D eigenvalue weighted by Gasteiger charge is -2.30. The molecule has 0 saturated carbocycles. The van der Waals surface area contributed by atoms with Crippen molar-refractivity contribution in [3.63, 3.8) is 0 Å². The highest BCUT2D eigenvalue weighted by molar-refractivity contribution is 7.85. The van der Waals surface area contributed by atoms with Gasteiger partial charge in [0.05, 0.1) is 19.5 Å². The lowest BCUT2D eigenvalue weighted by Crippen LogP contribution is -2.42. The first-order valence-corrected chi connectivity index (χ1v) is 8.60. The maximum absolute atomic E-state index is 11.7. The first-order chi connectivity index (χ1) is 9.04. The molecule has 0 fully saturated rings. The van der Waals surface area contributed by atoms with Gasteiger partial charge >= 0.3 is 6.09 Å². The number of carbonyl (C=O) groups excluding carboxylic acids is 1. The van der Waals surface area contributed by atoms with Crippen LogP contribution in [-0.4, -0.2) is 51.5 Å². The van der Waals surface area contributed by atoms with Gasteiger partial charge in [-0.1, -0.05) is 6.42 Å². The average molecular weight is 309 g/mol. The number of nitrogens with zero attached hydrogens (tertiary/aromatic N) is 1. The number of unbranched alkanes of at least 4 members (excludes halogenated alkanes) is 3. The van der Waals surface area contributed by atoms with Crippen LogP contribution in [0.2, 0.25) is 0 Å². The van der Waals surface area contributed by atoms with Gasteiger partial charge < -0.3 is 9.64 Å². The van der Waals surface area contributed by atoms with E-state index in [2.05, 4.69) is 4.18 Å². The third-order valence-electron chi connectivity index (χ3n) is 2.84. The van der Waals surface area contributed by atoms with Crippen molar-refractivity contribution < 1.29 is 22.1 Å². The maximum Gasteiger partial charge on any atom is 0.409 e. The first kappa shape index (κ1) is 19.2. The van der Waals surface area contributed by atoms with Crippen molar-refractivity contribution in [1.29, 1.82) is 0 Å². The highest BCUT2D eigenvalue weighted by Gasteiger charge is 2.23. The molecule has 0 saturated heterocycles. The Kier molecular flexibility index (Phi) is 8.12. The Morgan fingerprint density at radius 2 is 1.55 bits per heavy atom. The molecule has 0 heterocycles. The fourth-order valence-corrected chi connectivity index (χ4v) is 1.72. The topological polar surface area (TPSA) is 72.9 Å². The molecule has 0 spiro atoms. The normalized spacial score (nSPS) is 12.2. The lowest BCUT2D eigenvalue weighted by molar-refractivity contribution is 0.0798. The van der Waals surface area contributed by atoms with Gasteiger partial charge in [-0.25, -0.2) is 4.79 Å². The van der Waals surface area contributed by atoms with Gasteiger partial charge in [-0.15, -0.1) is 0 Å². The monoisotopic (exact) mass is 309 g/mol. The van der Waals surface area contributed by atoms with Crippen LogP contribution in [0.25, 0.3) is 0 Å². The summed E-state index contributed by atoms with van der Waals surface area (Å²) >= 11 is 0. The van der Waals surface area contributed by atoms with Gasteiger partial charge in [-0.05, 0) is 40.0 Å². The first-order valence-electron chi connectivity index (χ1n) is 6.79. The zero-order valence-corrected chi connectivity index (χ0v) is 14.0. The van der Waals surface area contributed by atoms with Crippen LogP contribution in [0, 0.1) is 0 Å². The number of hydrogen-bond acceptors (Lipinski definition) is 5. The molecule has 0 aromatic carbocycles. The van der Waals surface area contributed by atoms with E-state index in [1.54, 1.807) is 11.9 Å². The zero-order chi connectivity index (χ0) is 15.8.